The topological polar surface area (TPSA) is 90.9 Å². The maximum atomic E-state index is 11.3. The molecule has 0 amide bonds. The van der Waals surface area contributed by atoms with Gasteiger partial charge < -0.3 is 4.57 Å². The summed E-state index contributed by atoms with van der Waals surface area (Å²) in [5.74, 6) is 1.09. The molecule has 0 unspecified atom stereocenters. The highest BCUT2D eigenvalue weighted by atomic mass is 16.6. The Morgan fingerprint density at radius 1 is 1.42 bits per heavy atom. The molecule has 0 aliphatic heterocycles. The van der Waals surface area contributed by atoms with E-state index in [1.165, 1.54) is 17.0 Å². The van der Waals surface area contributed by atoms with Gasteiger partial charge in [0.25, 0.3) is 5.43 Å². The fourth-order valence-electron chi connectivity index (χ4n) is 1.68. The normalized spacial score (nSPS) is 10.4. The van der Waals surface area contributed by atoms with Crippen molar-refractivity contribution in [3.8, 4) is 5.82 Å². The minimum absolute atomic E-state index is 0.475. The third kappa shape index (κ3) is 2.65. The molecule has 0 aliphatic carbocycles. The van der Waals surface area contributed by atoms with Crippen molar-refractivity contribution in [2.75, 3.05) is 0 Å². The minimum atomic E-state index is -0.701. The van der Waals surface area contributed by atoms with E-state index in [9.17, 15) is 14.9 Å². The van der Waals surface area contributed by atoms with Crippen molar-refractivity contribution in [3.05, 3.63) is 56.4 Å². The molecule has 0 fully saturated rings. The second-order valence-corrected chi connectivity index (χ2v) is 3.98. The number of nitro groups is 1. The molecule has 0 saturated carbocycles. The zero-order valence-electron chi connectivity index (χ0n) is 10.5. The van der Waals surface area contributed by atoms with E-state index in [0.29, 0.717) is 11.6 Å². The summed E-state index contributed by atoms with van der Waals surface area (Å²) in [5, 5.41) is 10.8. The van der Waals surface area contributed by atoms with Crippen LogP contribution in [0.25, 0.3) is 5.82 Å². The van der Waals surface area contributed by atoms with Gasteiger partial charge in [-0.2, -0.15) is 0 Å². The molecule has 2 aromatic rings. The van der Waals surface area contributed by atoms with Crippen molar-refractivity contribution in [1.29, 1.82) is 0 Å². The largest absolute Gasteiger partial charge is 0.332 e. The lowest BCUT2D eigenvalue weighted by Crippen LogP contribution is -2.11. The van der Waals surface area contributed by atoms with Gasteiger partial charge in [0.2, 0.25) is 0 Å². The molecule has 2 aromatic heterocycles. The van der Waals surface area contributed by atoms with E-state index in [1.54, 1.807) is 13.0 Å². The molecular weight excluding hydrogens is 248 g/mol. The van der Waals surface area contributed by atoms with Gasteiger partial charge in [-0.1, -0.05) is 6.92 Å². The van der Waals surface area contributed by atoms with Gasteiger partial charge in [-0.3, -0.25) is 14.9 Å². The van der Waals surface area contributed by atoms with Crippen LogP contribution in [0.15, 0.2) is 29.3 Å². The average Bonchev–Trinajstić information content (AvgIpc) is 2.38. The summed E-state index contributed by atoms with van der Waals surface area (Å²) in [6.07, 6.45) is 3.36. The Bertz CT molecular complexity index is 694. The molecular formula is C12H12N4O3. The van der Waals surface area contributed by atoms with Crippen molar-refractivity contribution in [2.45, 2.75) is 20.3 Å². The number of hydrogen-bond acceptors (Lipinski definition) is 5. The summed E-state index contributed by atoms with van der Waals surface area (Å²) < 4.78 is 1.45. The first-order chi connectivity index (χ1) is 9.01. The van der Waals surface area contributed by atoms with Crippen LogP contribution in [0.2, 0.25) is 0 Å². The zero-order valence-corrected chi connectivity index (χ0v) is 10.5. The Hall–Kier alpha value is -2.57. The molecule has 2 heterocycles. The molecule has 98 valence electrons. The lowest BCUT2D eigenvalue weighted by Gasteiger charge is -2.07. The highest BCUT2D eigenvalue weighted by molar-refractivity contribution is 5.33. The molecule has 0 saturated heterocycles. The van der Waals surface area contributed by atoms with Crippen LogP contribution in [0.3, 0.4) is 0 Å². The van der Waals surface area contributed by atoms with E-state index in [1.807, 2.05) is 6.92 Å². The minimum Gasteiger partial charge on any atom is -0.301 e. The molecule has 0 bridgehead atoms. The summed E-state index contributed by atoms with van der Waals surface area (Å²) in [4.78, 5) is 29.8. The lowest BCUT2D eigenvalue weighted by atomic mass is 10.3. The summed E-state index contributed by atoms with van der Waals surface area (Å²) in [5.41, 5.74) is -0.261. The number of nitrogens with zero attached hydrogens (tertiary/aromatic N) is 4. The lowest BCUT2D eigenvalue weighted by molar-refractivity contribution is -0.386. The van der Waals surface area contributed by atoms with E-state index >= 15 is 0 Å². The van der Waals surface area contributed by atoms with Crippen LogP contribution in [0.1, 0.15) is 18.4 Å². The predicted molar refractivity (Wildman–Crippen MR) is 68.4 cm³/mol. The predicted octanol–water partition coefficient (Wildman–Crippen LogP) is 1.41. The van der Waals surface area contributed by atoms with Crippen LogP contribution in [-0.4, -0.2) is 19.5 Å². The summed E-state index contributed by atoms with van der Waals surface area (Å²) in [7, 11) is 0. The highest BCUT2D eigenvalue weighted by Crippen LogP contribution is 2.10. The van der Waals surface area contributed by atoms with Crippen molar-refractivity contribution in [1.82, 2.24) is 14.5 Å². The Kier molecular flexibility index (Phi) is 3.37. The second kappa shape index (κ2) is 4.97. The zero-order chi connectivity index (χ0) is 14.0. The monoisotopic (exact) mass is 260 g/mol. The summed E-state index contributed by atoms with van der Waals surface area (Å²) in [6, 6.07) is 2.89. The molecule has 0 radical (unpaired) electrons. The van der Waals surface area contributed by atoms with Gasteiger partial charge in [-0.15, -0.1) is 0 Å². The van der Waals surface area contributed by atoms with Gasteiger partial charge >= 0.3 is 5.69 Å². The van der Waals surface area contributed by atoms with Gasteiger partial charge in [0.05, 0.1) is 11.1 Å². The molecule has 2 rings (SSSR count). The van der Waals surface area contributed by atoms with Crippen molar-refractivity contribution in [2.24, 2.45) is 0 Å². The number of aryl methyl sites for hydroxylation is 2. The smallest absolute Gasteiger partial charge is 0.301 e. The molecule has 0 atom stereocenters. The first-order valence-electron chi connectivity index (χ1n) is 5.73. The van der Waals surface area contributed by atoms with Gasteiger partial charge in [0.15, 0.2) is 0 Å². The molecule has 0 aliphatic rings. The van der Waals surface area contributed by atoms with Gasteiger partial charge in [0, 0.05) is 24.0 Å². The molecule has 0 aromatic carbocycles. The maximum Gasteiger partial charge on any atom is 0.332 e. The Morgan fingerprint density at radius 3 is 2.79 bits per heavy atom. The molecule has 7 nitrogen and oxygen atoms in total. The van der Waals surface area contributed by atoms with Crippen molar-refractivity contribution >= 4 is 5.69 Å². The summed E-state index contributed by atoms with van der Waals surface area (Å²) in [6.45, 7) is 3.71. The number of aromatic nitrogens is 3. The van der Waals surface area contributed by atoms with E-state index in [4.69, 9.17) is 0 Å². The van der Waals surface area contributed by atoms with E-state index < -0.39 is 16.0 Å². The third-order valence-corrected chi connectivity index (χ3v) is 2.60. The van der Waals surface area contributed by atoms with Crippen LogP contribution in [0.4, 0.5) is 5.69 Å². The van der Waals surface area contributed by atoms with Crippen LogP contribution in [0, 0.1) is 17.0 Å². The number of rotatable bonds is 3. The van der Waals surface area contributed by atoms with Crippen molar-refractivity contribution in [3.63, 3.8) is 0 Å². The quantitative estimate of drug-likeness (QED) is 0.614. The SMILES string of the molecule is CCc1cc(-n2ccc(=O)c([N+](=O)[O-])c2)nc(C)n1. The fraction of sp³-hybridized carbons (Fsp3) is 0.250. The first-order valence-corrected chi connectivity index (χ1v) is 5.73. The standard InChI is InChI=1S/C12H12N4O3/c1-3-9-6-12(14-8(2)13-9)15-5-4-11(17)10(7-15)16(18)19/h4-7H,3H2,1-2H3. The van der Waals surface area contributed by atoms with Gasteiger partial charge in [-0.05, 0) is 13.3 Å². The Morgan fingerprint density at radius 2 is 2.16 bits per heavy atom. The number of pyridine rings is 1. The van der Waals surface area contributed by atoms with Crippen LogP contribution in [0.5, 0.6) is 0 Å². The highest BCUT2D eigenvalue weighted by Gasteiger charge is 2.13. The summed E-state index contributed by atoms with van der Waals surface area (Å²) >= 11 is 0. The molecule has 0 N–H and O–H groups in total. The van der Waals surface area contributed by atoms with E-state index in [-0.39, 0.29) is 0 Å². The maximum absolute atomic E-state index is 11.3. The number of hydrogen-bond donors (Lipinski definition) is 0. The van der Waals surface area contributed by atoms with Crippen molar-refractivity contribution < 1.29 is 4.92 Å². The van der Waals surface area contributed by atoms with Crippen LogP contribution in [-0.2, 0) is 6.42 Å². The fourth-order valence-corrected chi connectivity index (χ4v) is 1.68. The first kappa shape index (κ1) is 12.9. The van der Waals surface area contributed by atoms with Gasteiger partial charge in [-0.25, -0.2) is 9.97 Å². The third-order valence-electron chi connectivity index (χ3n) is 2.60. The van der Waals surface area contributed by atoms with E-state index in [2.05, 4.69) is 9.97 Å². The van der Waals surface area contributed by atoms with Crippen LogP contribution < -0.4 is 5.43 Å². The van der Waals surface area contributed by atoms with Crippen LogP contribution >= 0.6 is 0 Å². The molecule has 19 heavy (non-hydrogen) atoms. The second-order valence-electron chi connectivity index (χ2n) is 3.98. The average molecular weight is 260 g/mol. The Balaban J connectivity index is 2.59. The van der Waals surface area contributed by atoms with E-state index in [0.717, 1.165) is 18.2 Å². The molecule has 0 spiro atoms. The molecule has 7 heteroatoms. The Labute approximate surface area is 108 Å². The van der Waals surface area contributed by atoms with Gasteiger partial charge in [0.1, 0.15) is 11.6 Å².